The number of carbonyl (C=O) groups is 1. The number of aromatic nitrogens is 2. The first-order valence-electron chi connectivity index (χ1n) is 9.07. The van der Waals surface area contributed by atoms with Crippen LogP contribution in [-0.2, 0) is 4.74 Å². The van der Waals surface area contributed by atoms with Gasteiger partial charge in [-0.1, -0.05) is 6.07 Å². The Labute approximate surface area is 153 Å². The smallest absolute Gasteiger partial charge is 0.272 e. The van der Waals surface area contributed by atoms with Crippen LogP contribution >= 0.6 is 0 Å². The van der Waals surface area contributed by atoms with Crippen LogP contribution in [0.2, 0.25) is 0 Å². The molecule has 0 unspecified atom stereocenters. The molecule has 0 bridgehead atoms. The average molecular weight is 353 g/mol. The van der Waals surface area contributed by atoms with Gasteiger partial charge < -0.3 is 14.4 Å². The zero-order valence-electron chi connectivity index (χ0n) is 14.9. The van der Waals surface area contributed by atoms with Crippen LogP contribution in [0.5, 0.6) is 5.88 Å². The van der Waals surface area contributed by atoms with Crippen molar-refractivity contribution in [3.8, 4) is 5.88 Å². The minimum absolute atomic E-state index is 0.0227. The topological polar surface area (TPSA) is 64.6 Å². The quantitative estimate of drug-likeness (QED) is 0.849. The molecule has 1 spiro atoms. The van der Waals surface area contributed by atoms with Crippen LogP contribution in [0.1, 0.15) is 35.3 Å². The third-order valence-corrected chi connectivity index (χ3v) is 5.06. The molecule has 2 aliphatic heterocycles. The van der Waals surface area contributed by atoms with E-state index in [0.717, 1.165) is 31.4 Å². The van der Waals surface area contributed by atoms with Crippen molar-refractivity contribution in [3.05, 3.63) is 54.0 Å². The van der Waals surface area contributed by atoms with Gasteiger partial charge in [-0.25, -0.2) is 4.98 Å². The van der Waals surface area contributed by atoms with Crippen molar-refractivity contribution in [2.75, 3.05) is 19.7 Å². The Morgan fingerprint density at radius 1 is 1.31 bits per heavy atom. The highest BCUT2D eigenvalue weighted by atomic mass is 16.6. The van der Waals surface area contributed by atoms with Gasteiger partial charge in [0.2, 0.25) is 5.88 Å². The summed E-state index contributed by atoms with van der Waals surface area (Å²) in [6.07, 6.45) is 6.02. The molecule has 0 radical (unpaired) electrons. The van der Waals surface area contributed by atoms with Crippen LogP contribution < -0.4 is 4.74 Å². The number of hydrogen-bond donors (Lipinski definition) is 0. The molecule has 1 amide bonds. The molecular formula is C20H23N3O3. The van der Waals surface area contributed by atoms with E-state index < -0.39 is 0 Å². The molecule has 2 aliphatic rings. The van der Waals surface area contributed by atoms with E-state index >= 15 is 0 Å². The number of aryl methyl sites for hydroxylation is 1. The lowest BCUT2D eigenvalue weighted by Crippen LogP contribution is -2.50. The van der Waals surface area contributed by atoms with Gasteiger partial charge in [0.1, 0.15) is 11.8 Å². The van der Waals surface area contributed by atoms with Gasteiger partial charge in [-0.2, -0.15) is 0 Å². The van der Waals surface area contributed by atoms with E-state index in [1.807, 2.05) is 42.2 Å². The van der Waals surface area contributed by atoms with Gasteiger partial charge in [0.15, 0.2) is 0 Å². The lowest BCUT2D eigenvalue weighted by molar-refractivity contribution is -0.0454. The number of ether oxygens (including phenoxy) is 2. The van der Waals surface area contributed by atoms with Crippen LogP contribution in [0.3, 0.4) is 0 Å². The van der Waals surface area contributed by atoms with E-state index in [1.165, 1.54) is 0 Å². The third kappa shape index (κ3) is 3.55. The summed E-state index contributed by atoms with van der Waals surface area (Å²) in [7, 11) is 0. The fraction of sp³-hybridized carbons (Fsp3) is 0.450. The molecule has 0 N–H and O–H groups in total. The lowest BCUT2D eigenvalue weighted by Gasteiger charge is -2.39. The van der Waals surface area contributed by atoms with Crippen molar-refractivity contribution < 1.29 is 14.3 Å². The molecule has 2 aromatic heterocycles. The highest BCUT2D eigenvalue weighted by Gasteiger charge is 2.45. The molecular weight excluding hydrogens is 330 g/mol. The maximum Gasteiger partial charge on any atom is 0.272 e. The minimum atomic E-state index is -0.322. The number of rotatable bonds is 3. The predicted octanol–water partition coefficient (Wildman–Crippen LogP) is 2.63. The lowest BCUT2D eigenvalue weighted by atomic mass is 9.89. The van der Waals surface area contributed by atoms with Gasteiger partial charge in [0.05, 0.1) is 18.8 Å². The predicted molar refractivity (Wildman–Crippen MR) is 96.1 cm³/mol. The SMILES string of the molecule is Cc1ccnc(C(=O)N2CCC[C@]3(C[C@@H](Oc4ccccn4)CO3)C2)c1. The van der Waals surface area contributed by atoms with Crippen molar-refractivity contribution in [2.45, 2.75) is 37.9 Å². The number of hydrogen-bond acceptors (Lipinski definition) is 5. The van der Waals surface area contributed by atoms with Gasteiger partial charge in [0.25, 0.3) is 5.91 Å². The molecule has 6 heteroatoms. The van der Waals surface area contributed by atoms with E-state index in [4.69, 9.17) is 9.47 Å². The molecule has 6 nitrogen and oxygen atoms in total. The molecule has 2 fully saturated rings. The first-order chi connectivity index (χ1) is 12.6. The number of piperidine rings is 1. The summed E-state index contributed by atoms with van der Waals surface area (Å²) in [6, 6.07) is 9.36. The monoisotopic (exact) mass is 353 g/mol. The van der Waals surface area contributed by atoms with Gasteiger partial charge in [0, 0.05) is 31.4 Å². The van der Waals surface area contributed by atoms with Crippen LogP contribution in [-0.4, -0.2) is 52.2 Å². The van der Waals surface area contributed by atoms with Crippen LogP contribution in [0.4, 0.5) is 0 Å². The summed E-state index contributed by atoms with van der Waals surface area (Å²) in [4.78, 5) is 23.2. The molecule has 2 saturated heterocycles. The van der Waals surface area contributed by atoms with Crippen molar-refractivity contribution in [1.82, 2.24) is 14.9 Å². The van der Waals surface area contributed by atoms with Crippen molar-refractivity contribution in [3.63, 3.8) is 0 Å². The zero-order chi connectivity index (χ0) is 18.0. The molecule has 0 aromatic carbocycles. The van der Waals surface area contributed by atoms with Gasteiger partial charge in [-0.05, 0) is 43.5 Å². The second kappa shape index (κ2) is 7.03. The fourth-order valence-corrected chi connectivity index (χ4v) is 3.84. The van der Waals surface area contributed by atoms with Crippen LogP contribution in [0, 0.1) is 6.92 Å². The maximum atomic E-state index is 12.8. The summed E-state index contributed by atoms with van der Waals surface area (Å²) >= 11 is 0. The van der Waals surface area contributed by atoms with E-state index in [9.17, 15) is 4.79 Å². The normalized spacial score (nSPS) is 25.4. The van der Waals surface area contributed by atoms with Gasteiger partial charge in [-0.3, -0.25) is 9.78 Å². The fourth-order valence-electron chi connectivity index (χ4n) is 3.84. The molecule has 0 saturated carbocycles. The maximum absolute atomic E-state index is 12.8. The number of nitrogens with zero attached hydrogens (tertiary/aromatic N) is 3. The summed E-state index contributed by atoms with van der Waals surface area (Å²) in [5.74, 6) is 0.594. The Morgan fingerprint density at radius 2 is 2.23 bits per heavy atom. The molecule has 2 aromatic rings. The molecule has 26 heavy (non-hydrogen) atoms. The Hall–Kier alpha value is -2.47. The Kier molecular flexibility index (Phi) is 4.59. The third-order valence-electron chi connectivity index (χ3n) is 5.06. The minimum Gasteiger partial charge on any atom is -0.472 e. The van der Waals surface area contributed by atoms with Crippen LogP contribution in [0.15, 0.2) is 42.7 Å². The van der Waals surface area contributed by atoms with E-state index in [2.05, 4.69) is 9.97 Å². The molecule has 4 rings (SSSR count). The standard InChI is InChI=1S/C20H23N3O3/c1-15-6-9-21-17(11-15)19(24)23-10-4-7-20(14-23)12-16(13-25-20)26-18-5-2-3-8-22-18/h2-3,5-6,8-9,11,16H,4,7,10,12-14H2,1H3/t16-,20+/m1/s1. The number of amides is 1. The molecule has 4 heterocycles. The van der Waals surface area contributed by atoms with Crippen molar-refractivity contribution in [1.29, 1.82) is 0 Å². The van der Waals surface area contributed by atoms with Crippen molar-refractivity contribution >= 4 is 5.91 Å². The first kappa shape index (κ1) is 17.0. The first-order valence-corrected chi connectivity index (χ1v) is 9.07. The summed E-state index contributed by atoms with van der Waals surface area (Å²) in [6.45, 7) is 3.83. The summed E-state index contributed by atoms with van der Waals surface area (Å²) < 4.78 is 12.1. The molecule has 2 atom stereocenters. The summed E-state index contributed by atoms with van der Waals surface area (Å²) in [5.41, 5.74) is 1.22. The second-order valence-corrected chi connectivity index (χ2v) is 7.15. The summed E-state index contributed by atoms with van der Waals surface area (Å²) in [5, 5.41) is 0. The Bertz CT molecular complexity index is 783. The van der Waals surface area contributed by atoms with E-state index in [1.54, 1.807) is 12.4 Å². The highest BCUT2D eigenvalue weighted by molar-refractivity contribution is 5.92. The van der Waals surface area contributed by atoms with Crippen molar-refractivity contribution in [2.24, 2.45) is 0 Å². The average Bonchev–Trinajstić information content (AvgIpc) is 3.03. The number of likely N-dealkylation sites (tertiary alicyclic amines) is 1. The van der Waals surface area contributed by atoms with E-state index in [0.29, 0.717) is 24.7 Å². The molecule has 136 valence electrons. The second-order valence-electron chi connectivity index (χ2n) is 7.15. The van der Waals surface area contributed by atoms with Crippen LogP contribution in [0.25, 0.3) is 0 Å². The van der Waals surface area contributed by atoms with E-state index in [-0.39, 0.29) is 17.6 Å². The molecule has 0 aliphatic carbocycles. The number of carbonyl (C=O) groups excluding carboxylic acids is 1. The zero-order valence-corrected chi connectivity index (χ0v) is 14.9. The largest absolute Gasteiger partial charge is 0.472 e. The highest BCUT2D eigenvalue weighted by Crippen LogP contribution is 2.36. The van der Waals surface area contributed by atoms with Gasteiger partial charge in [-0.15, -0.1) is 0 Å². The number of pyridine rings is 2. The van der Waals surface area contributed by atoms with Gasteiger partial charge >= 0.3 is 0 Å². The Balaban J connectivity index is 1.42. The Morgan fingerprint density at radius 3 is 3.04 bits per heavy atom.